The number of likely N-dealkylation sites (N-methyl/N-ethyl adjacent to an activating group) is 8. The van der Waals surface area contributed by atoms with Crippen LogP contribution in [0.5, 0.6) is 0 Å². The Kier molecular flexibility index (Phi) is 35.2. The summed E-state index contributed by atoms with van der Waals surface area (Å²) in [6.07, 6.45) is 2.62. The van der Waals surface area contributed by atoms with E-state index in [-0.39, 0.29) is 62.2 Å². The zero-order valence-electron chi connectivity index (χ0n) is 61.3. The van der Waals surface area contributed by atoms with Crippen molar-refractivity contribution in [2.75, 3.05) is 76.0 Å². The van der Waals surface area contributed by atoms with Gasteiger partial charge in [0, 0.05) is 56.4 Å². The van der Waals surface area contributed by atoms with E-state index in [9.17, 15) is 43.2 Å². The maximum absolute atomic E-state index is 15.6. The molecule has 536 valence electrons. The summed E-state index contributed by atoms with van der Waals surface area (Å²) < 4.78 is 6.16. The molecule has 94 heavy (non-hydrogen) atoms. The maximum Gasteiger partial charge on any atom is 0.325 e. The Hall–Kier alpha value is -7.19. The van der Waals surface area contributed by atoms with Crippen LogP contribution in [0.25, 0.3) is 0 Å². The van der Waals surface area contributed by atoms with Crippen LogP contribution in [0.4, 0.5) is 0 Å². The number of nitrogens with two attached hydrogens (primary N) is 1. The second kappa shape index (κ2) is 39.0. The molecule has 0 bridgehead atoms. The molecule has 6 N–H and O–H groups in total. The van der Waals surface area contributed by atoms with Gasteiger partial charge < -0.3 is 70.9 Å². The minimum Gasteiger partial charge on any atom is -0.458 e. The first-order valence-corrected chi connectivity index (χ1v) is 33.3. The van der Waals surface area contributed by atoms with Crippen molar-refractivity contribution in [1.29, 1.82) is 0 Å². The molecule has 1 aliphatic heterocycles. The molecule has 12 atom stereocenters. The van der Waals surface area contributed by atoms with E-state index in [0.717, 1.165) is 14.7 Å². The van der Waals surface area contributed by atoms with E-state index in [2.05, 4.69) is 21.3 Å². The lowest BCUT2D eigenvalue weighted by molar-refractivity contribution is -0.166. The number of esters is 1. The van der Waals surface area contributed by atoms with E-state index >= 15 is 19.2 Å². The van der Waals surface area contributed by atoms with Crippen molar-refractivity contribution in [3.05, 3.63) is 12.2 Å². The number of hydrogen-bond donors (Lipinski definition) is 5. The first-order chi connectivity index (χ1) is 43.4. The van der Waals surface area contributed by atoms with Gasteiger partial charge in [-0.05, 0) is 101 Å². The highest BCUT2D eigenvalue weighted by Crippen LogP contribution is 2.27. The lowest BCUT2D eigenvalue weighted by Crippen LogP contribution is -2.64. The summed E-state index contributed by atoms with van der Waals surface area (Å²) in [6.45, 7) is 27.9. The number of carbonyl (C=O) groups excluding carboxylic acids is 13. The van der Waals surface area contributed by atoms with E-state index in [1.807, 2.05) is 55.4 Å². The van der Waals surface area contributed by atoms with E-state index in [4.69, 9.17) is 10.5 Å². The Morgan fingerprint density at radius 1 is 0.532 bits per heavy atom. The van der Waals surface area contributed by atoms with Crippen LogP contribution in [0.15, 0.2) is 12.2 Å². The average Bonchev–Trinajstić information content (AvgIpc) is 0.802. The second-order valence-electron chi connectivity index (χ2n) is 28.0. The summed E-state index contributed by atoms with van der Waals surface area (Å²) in [5, 5.41) is 11.0. The third kappa shape index (κ3) is 24.2. The second-order valence-corrected chi connectivity index (χ2v) is 28.0. The highest BCUT2D eigenvalue weighted by atomic mass is 16.5. The average molecular weight is 1330 g/mol. The van der Waals surface area contributed by atoms with Crippen molar-refractivity contribution in [3.63, 3.8) is 0 Å². The van der Waals surface area contributed by atoms with E-state index in [1.165, 1.54) is 94.7 Å². The molecule has 0 aromatic rings. The van der Waals surface area contributed by atoms with Gasteiger partial charge in [0.25, 0.3) is 0 Å². The van der Waals surface area contributed by atoms with Crippen LogP contribution >= 0.6 is 0 Å². The predicted octanol–water partition coefficient (Wildman–Crippen LogP) is 2.24. The van der Waals surface area contributed by atoms with Crippen LogP contribution in [-0.2, 0) is 67.1 Å². The minimum atomic E-state index is -1.75. The topological polar surface area (TPSA) is 331 Å². The number of carbonyl (C=O) groups is 13. The van der Waals surface area contributed by atoms with Gasteiger partial charge in [-0.1, -0.05) is 109 Å². The minimum absolute atomic E-state index is 0.0601. The number of nitrogens with zero attached hydrogens (tertiary/aromatic N) is 8. The molecule has 0 aromatic heterocycles. The molecular formula is C67H119N13O14. The van der Waals surface area contributed by atoms with Crippen molar-refractivity contribution in [2.24, 2.45) is 47.2 Å². The smallest absolute Gasteiger partial charge is 0.325 e. The third-order valence-corrected chi connectivity index (χ3v) is 17.3. The highest BCUT2D eigenvalue weighted by Gasteiger charge is 2.47. The van der Waals surface area contributed by atoms with Gasteiger partial charge in [-0.3, -0.25) is 62.3 Å². The Balaban J connectivity index is 4.55. The van der Waals surface area contributed by atoms with Crippen molar-refractivity contribution in [1.82, 2.24) is 60.5 Å². The number of hydrogen-bond acceptors (Lipinski definition) is 15. The summed E-state index contributed by atoms with van der Waals surface area (Å²) >= 11 is 0. The molecule has 0 aliphatic carbocycles. The summed E-state index contributed by atoms with van der Waals surface area (Å²) in [5.41, 5.74) is 5.61. The summed E-state index contributed by atoms with van der Waals surface area (Å²) in [6, 6.07) is -13.0. The molecule has 0 aromatic carbocycles. The maximum atomic E-state index is 15.6. The molecule has 12 amide bonds. The molecule has 1 heterocycles. The number of nitrogens with one attached hydrogen (secondary N) is 4. The number of ether oxygens (including phenoxy) is 1. The van der Waals surface area contributed by atoms with Gasteiger partial charge in [0.15, 0.2) is 0 Å². The number of allylic oxidation sites excluding steroid dienone is 2. The van der Waals surface area contributed by atoms with Crippen molar-refractivity contribution < 1.29 is 67.1 Å². The van der Waals surface area contributed by atoms with Gasteiger partial charge in [0.1, 0.15) is 73.1 Å². The van der Waals surface area contributed by atoms with E-state index in [1.54, 1.807) is 60.6 Å². The fourth-order valence-corrected chi connectivity index (χ4v) is 11.5. The van der Waals surface area contributed by atoms with Crippen LogP contribution in [0.3, 0.4) is 0 Å². The zero-order valence-corrected chi connectivity index (χ0v) is 61.3. The zero-order chi connectivity index (χ0) is 72.8. The fourth-order valence-electron chi connectivity index (χ4n) is 11.5. The van der Waals surface area contributed by atoms with E-state index in [0.29, 0.717) is 0 Å². The van der Waals surface area contributed by atoms with Crippen LogP contribution in [0.2, 0.25) is 0 Å². The Labute approximate surface area is 560 Å². The Morgan fingerprint density at radius 2 is 0.968 bits per heavy atom. The summed E-state index contributed by atoms with van der Waals surface area (Å²) in [7, 11) is 11.1. The summed E-state index contributed by atoms with van der Waals surface area (Å²) in [4.78, 5) is 199. The van der Waals surface area contributed by atoms with Gasteiger partial charge in [-0.15, -0.1) is 0 Å². The molecule has 1 aliphatic rings. The van der Waals surface area contributed by atoms with Crippen molar-refractivity contribution in [2.45, 2.75) is 223 Å². The normalized spacial score (nSPS) is 25.3. The van der Waals surface area contributed by atoms with Crippen LogP contribution in [0, 0.1) is 41.4 Å². The number of rotatable bonds is 19. The van der Waals surface area contributed by atoms with Gasteiger partial charge in [-0.2, -0.15) is 0 Å². The Bertz CT molecular complexity index is 2650. The molecule has 0 saturated carbocycles. The van der Waals surface area contributed by atoms with Crippen LogP contribution in [0.1, 0.15) is 156 Å². The molecule has 0 spiro atoms. The first-order valence-electron chi connectivity index (χ1n) is 33.3. The molecule has 0 radical (unpaired) electrons. The standard InChI is InChI=1S/C67H119N13O14/c1-26-28-29-43(15)57(94-53(83)36-73(18)51(81)34-68)56-61(87)71-46(27-2)63(89)74(19)35-52(82)75(20)47(30-37(3)4)60(86)72-54(41(11)12)66(92)76(21)48(31-38(5)6)59(85)69-44(16)58(84)70-45(17)62(88)77(22)49(32-39(7)8)64(90)78(23)50(33-40(9)10)65(91)79(24)55(42(13)14)67(93)80(56)25/h26,28,37-50,54-57H,27,29-36,68H2,1-25H3,(H,69,85)(H,70,84)(H,71,87)(H,72,86)/b28-26+/t43-,44+,45-,46+,47+,48+,49+,50+,54+,55+,56+,57-/m1/s1. The third-order valence-electron chi connectivity index (χ3n) is 17.3. The molecule has 0 unspecified atom stereocenters. The fraction of sp³-hybridized carbons (Fsp3) is 0.776. The lowest BCUT2D eigenvalue weighted by atomic mass is 9.91. The van der Waals surface area contributed by atoms with Gasteiger partial charge in [0.05, 0.1) is 13.1 Å². The van der Waals surface area contributed by atoms with Crippen molar-refractivity contribution >= 4 is 76.9 Å². The highest BCUT2D eigenvalue weighted by molar-refractivity contribution is 6.00. The van der Waals surface area contributed by atoms with Gasteiger partial charge >= 0.3 is 5.97 Å². The molecule has 27 heteroatoms. The first kappa shape index (κ1) is 84.8. The Morgan fingerprint density at radius 3 is 1.43 bits per heavy atom. The number of amides is 12. The monoisotopic (exact) mass is 1330 g/mol. The molecular weight excluding hydrogens is 1210 g/mol. The molecule has 1 saturated heterocycles. The van der Waals surface area contributed by atoms with Crippen LogP contribution in [-0.4, -0.2) is 259 Å². The van der Waals surface area contributed by atoms with Crippen LogP contribution < -0.4 is 27.0 Å². The van der Waals surface area contributed by atoms with Crippen molar-refractivity contribution in [3.8, 4) is 0 Å². The molecule has 27 nitrogen and oxygen atoms in total. The SMILES string of the molecule is C/C=C/C[C@@H](C)[C@@H](OC(=O)CN(C)C(=O)CN)[C@H]1C(=O)N[C@@H](CC)C(=O)N(C)CC(=O)N(C)[C@@H](CC(C)C)C(=O)N[C@@H](C(C)C)C(=O)N(C)[C@@H](CC(C)C)C(=O)N[C@@H](C)C(=O)N[C@H](C)C(=O)N(C)[C@@H](CC(C)C)C(=O)N(C)[C@@H](CC(C)C)C(=O)N(C)[C@@H](C(C)C)C(=O)N1C. The van der Waals surface area contributed by atoms with Gasteiger partial charge in [0.2, 0.25) is 70.9 Å². The summed E-state index contributed by atoms with van der Waals surface area (Å²) in [5.74, 6) is -12.2. The molecule has 1 fully saturated rings. The molecule has 1 rings (SSSR count). The lowest BCUT2D eigenvalue weighted by Gasteiger charge is -2.42. The van der Waals surface area contributed by atoms with E-state index < -0.39 is 181 Å². The van der Waals surface area contributed by atoms with Gasteiger partial charge in [-0.25, -0.2) is 0 Å². The quantitative estimate of drug-likeness (QED) is 0.0915. The largest absolute Gasteiger partial charge is 0.458 e. The predicted molar refractivity (Wildman–Crippen MR) is 359 cm³/mol.